The third-order valence-corrected chi connectivity index (χ3v) is 5.66. The van der Waals surface area contributed by atoms with E-state index in [0.29, 0.717) is 14.3 Å². The highest BCUT2D eigenvalue weighted by Crippen LogP contribution is 2.30. The molecule has 0 spiro atoms. The van der Waals surface area contributed by atoms with Crippen LogP contribution in [-0.2, 0) is 14.8 Å². The predicted molar refractivity (Wildman–Crippen MR) is 94.1 cm³/mol. The van der Waals surface area contributed by atoms with Crippen molar-refractivity contribution in [3.63, 3.8) is 0 Å². The zero-order valence-corrected chi connectivity index (χ0v) is 15.3. The van der Waals surface area contributed by atoms with Gasteiger partial charge in [0, 0.05) is 16.6 Å². The quantitative estimate of drug-likeness (QED) is 0.557. The van der Waals surface area contributed by atoms with Crippen LogP contribution in [0.4, 0.5) is 11.4 Å². The molecule has 0 aliphatic heterocycles. The minimum Gasteiger partial charge on any atom is -0.480 e. The van der Waals surface area contributed by atoms with Gasteiger partial charge in [-0.05, 0) is 36.8 Å². The zero-order valence-electron chi connectivity index (χ0n) is 12.9. The molecule has 0 radical (unpaired) electrons. The molecule has 0 fully saturated rings. The van der Waals surface area contributed by atoms with Gasteiger partial charge in [-0.3, -0.25) is 19.2 Å². The van der Waals surface area contributed by atoms with Crippen LogP contribution in [0, 0.1) is 17.0 Å². The molecule has 0 aliphatic carbocycles. The van der Waals surface area contributed by atoms with E-state index >= 15 is 0 Å². The molecule has 0 aliphatic rings. The Labute approximate surface area is 152 Å². The summed E-state index contributed by atoms with van der Waals surface area (Å²) in [7, 11) is -4.22. The van der Waals surface area contributed by atoms with Crippen LogP contribution in [-0.4, -0.2) is 31.0 Å². The van der Waals surface area contributed by atoms with Crippen LogP contribution in [0.25, 0.3) is 0 Å². The van der Waals surface area contributed by atoms with E-state index in [1.165, 1.54) is 36.4 Å². The van der Waals surface area contributed by atoms with E-state index in [0.717, 1.165) is 6.07 Å². The minimum atomic E-state index is -4.22. The van der Waals surface area contributed by atoms with Crippen molar-refractivity contribution in [1.29, 1.82) is 0 Å². The SMILES string of the molecule is Cc1ccc([N+](=O)[O-])cc1N(CC(=O)O)S(=O)(=O)c1ccc(Br)cc1. The first kappa shape index (κ1) is 18.9. The summed E-state index contributed by atoms with van der Waals surface area (Å²) in [5.74, 6) is -1.38. The third kappa shape index (κ3) is 4.15. The Morgan fingerprint density at radius 3 is 2.36 bits per heavy atom. The van der Waals surface area contributed by atoms with E-state index in [1.54, 1.807) is 6.92 Å². The Bertz CT molecular complexity index is 928. The number of hydrogen-bond acceptors (Lipinski definition) is 5. The number of rotatable bonds is 6. The fourth-order valence-electron chi connectivity index (χ4n) is 2.14. The van der Waals surface area contributed by atoms with Crippen LogP contribution >= 0.6 is 15.9 Å². The molecule has 2 aromatic carbocycles. The number of aliphatic carboxylic acids is 1. The van der Waals surface area contributed by atoms with Gasteiger partial charge in [-0.1, -0.05) is 22.0 Å². The van der Waals surface area contributed by atoms with Gasteiger partial charge in [0.05, 0.1) is 15.5 Å². The average Bonchev–Trinajstić information content (AvgIpc) is 2.53. The number of carboxylic acids is 1. The highest BCUT2D eigenvalue weighted by atomic mass is 79.9. The molecule has 0 saturated heterocycles. The fourth-order valence-corrected chi connectivity index (χ4v) is 3.87. The van der Waals surface area contributed by atoms with Crippen molar-refractivity contribution in [2.75, 3.05) is 10.8 Å². The molecule has 0 heterocycles. The van der Waals surface area contributed by atoms with Crippen LogP contribution in [0.1, 0.15) is 5.56 Å². The number of nitro benzene ring substituents is 1. The lowest BCUT2D eigenvalue weighted by Gasteiger charge is -2.24. The van der Waals surface area contributed by atoms with Crippen LogP contribution in [0.5, 0.6) is 0 Å². The second-order valence-corrected chi connectivity index (χ2v) is 7.87. The van der Waals surface area contributed by atoms with Crippen LogP contribution in [0.3, 0.4) is 0 Å². The maximum atomic E-state index is 12.9. The van der Waals surface area contributed by atoms with Crippen LogP contribution < -0.4 is 4.31 Å². The molecule has 1 N–H and O–H groups in total. The first-order chi connectivity index (χ1) is 11.6. The second kappa shape index (κ2) is 7.19. The molecule has 25 heavy (non-hydrogen) atoms. The zero-order chi connectivity index (χ0) is 18.8. The number of hydrogen-bond donors (Lipinski definition) is 1. The molecule has 0 saturated carbocycles. The molecule has 8 nitrogen and oxygen atoms in total. The van der Waals surface area contributed by atoms with Gasteiger partial charge in [-0.25, -0.2) is 8.42 Å². The van der Waals surface area contributed by atoms with E-state index in [1.807, 2.05) is 0 Å². The van der Waals surface area contributed by atoms with Gasteiger partial charge in [-0.15, -0.1) is 0 Å². The molecule has 0 atom stereocenters. The van der Waals surface area contributed by atoms with E-state index in [-0.39, 0.29) is 16.3 Å². The van der Waals surface area contributed by atoms with Gasteiger partial charge in [-0.2, -0.15) is 0 Å². The standard InChI is InChI=1S/C15H13BrN2O6S/c1-10-2-5-12(18(21)22)8-14(10)17(9-15(19)20)25(23,24)13-6-3-11(16)4-7-13/h2-8H,9H2,1H3,(H,19,20). The van der Waals surface area contributed by atoms with E-state index in [9.17, 15) is 23.3 Å². The maximum absolute atomic E-state index is 12.9. The van der Waals surface area contributed by atoms with E-state index < -0.39 is 27.5 Å². The summed E-state index contributed by atoms with van der Waals surface area (Å²) in [6.45, 7) is 0.686. The number of benzene rings is 2. The largest absolute Gasteiger partial charge is 0.480 e. The molecular formula is C15H13BrN2O6S. The van der Waals surface area contributed by atoms with Crippen molar-refractivity contribution < 1.29 is 23.2 Å². The summed E-state index contributed by atoms with van der Waals surface area (Å²) in [6.07, 6.45) is 0. The Morgan fingerprint density at radius 1 is 1.24 bits per heavy atom. The summed E-state index contributed by atoms with van der Waals surface area (Å²) in [5, 5.41) is 20.1. The average molecular weight is 429 g/mol. The third-order valence-electron chi connectivity index (χ3n) is 3.35. The molecule has 2 rings (SSSR count). The van der Waals surface area contributed by atoms with Crippen molar-refractivity contribution >= 4 is 43.3 Å². The summed E-state index contributed by atoms with van der Waals surface area (Å²) >= 11 is 3.19. The highest BCUT2D eigenvalue weighted by molar-refractivity contribution is 9.10. The van der Waals surface area contributed by atoms with Crippen molar-refractivity contribution in [3.05, 3.63) is 62.6 Å². The highest BCUT2D eigenvalue weighted by Gasteiger charge is 2.29. The normalized spacial score (nSPS) is 11.1. The molecule has 0 bridgehead atoms. The van der Waals surface area contributed by atoms with E-state index in [2.05, 4.69) is 15.9 Å². The predicted octanol–water partition coefficient (Wildman–Crippen LogP) is 2.95. The molecule has 0 amide bonds. The smallest absolute Gasteiger partial charge is 0.324 e. The van der Waals surface area contributed by atoms with Gasteiger partial charge < -0.3 is 5.11 Å². The van der Waals surface area contributed by atoms with Crippen molar-refractivity contribution in [2.45, 2.75) is 11.8 Å². The topological polar surface area (TPSA) is 118 Å². The van der Waals surface area contributed by atoms with Gasteiger partial charge >= 0.3 is 5.97 Å². The lowest BCUT2D eigenvalue weighted by atomic mass is 10.2. The summed E-state index contributed by atoms with van der Waals surface area (Å²) in [5.41, 5.74) is 0.00838. The number of anilines is 1. The van der Waals surface area contributed by atoms with Gasteiger partial charge in [0.15, 0.2) is 0 Å². The van der Waals surface area contributed by atoms with Crippen LogP contribution in [0.2, 0.25) is 0 Å². The van der Waals surface area contributed by atoms with Gasteiger partial charge in [0.1, 0.15) is 6.54 Å². The Balaban J connectivity index is 2.64. The maximum Gasteiger partial charge on any atom is 0.324 e. The number of halogens is 1. The lowest BCUT2D eigenvalue weighted by molar-refractivity contribution is -0.384. The monoisotopic (exact) mass is 428 g/mol. The van der Waals surface area contributed by atoms with Gasteiger partial charge in [0.25, 0.3) is 15.7 Å². The first-order valence-electron chi connectivity index (χ1n) is 6.88. The summed E-state index contributed by atoms with van der Waals surface area (Å²) < 4.78 is 27.1. The van der Waals surface area contributed by atoms with E-state index in [4.69, 9.17) is 5.11 Å². The molecule has 0 aromatic heterocycles. The number of carboxylic acid groups (broad SMARTS) is 1. The van der Waals surface area contributed by atoms with Crippen molar-refractivity contribution in [1.82, 2.24) is 0 Å². The van der Waals surface area contributed by atoms with Crippen molar-refractivity contribution in [3.8, 4) is 0 Å². The Hall–Kier alpha value is -2.46. The lowest BCUT2D eigenvalue weighted by Crippen LogP contribution is -2.36. The number of sulfonamides is 1. The van der Waals surface area contributed by atoms with Crippen molar-refractivity contribution in [2.24, 2.45) is 0 Å². The number of aryl methyl sites for hydroxylation is 1. The number of carbonyl (C=O) groups is 1. The Morgan fingerprint density at radius 2 is 1.84 bits per heavy atom. The van der Waals surface area contributed by atoms with Crippen LogP contribution in [0.15, 0.2) is 51.8 Å². The molecule has 10 heteroatoms. The Kier molecular flexibility index (Phi) is 5.43. The molecule has 132 valence electrons. The second-order valence-electron chi connectivity index (χ2n) is 5.09. The molecule has 2 aromatic rings. The number of nitro groups is 1. The molecular weight excluding hydrogens is 416 g/mol. The van der Waals surface area contributed by atoms with Gasteiger partial charge in [0.2, 0.25) is 0 Å². The first-order valence-corrected chi connectivity index (χ1v) is 9.11. The summed E-state index contributed by atoms with van der Waals surface area (Å²) in [4.78, 5) is 21.4. The number of nitrogens with zero attached hydrogens (tertiary/aromatic N) is 2. The summed E-state index contributed by atoms with van der Waals surface area (Å²) in [6, 6.07) is 9.30. The fraction of sp³-hybridized carbons (Fsp3) is 0.133. The number of non-ortho nitro benzene ring substituents is 1. The minimum absolute atomic E-state index is 0.0560. The molecule has 0 unspecified atom stereocenters.